The van der Waals surface area contributed by atoms with Crippen molar-refractivity contribution in [3.05, 3.63) is 23.6 Å². The highest BCUT2D eigenvalue weighted by atomic mass is 35.5. The number of hydrogen-bond donors (Lipinski definition) is 1. The van der Waals surface area contributed by atoms with Crippen molar-refractivity contribution in [3.8, 4) is 0 Å². The number of nitrogen functional groups attached to an aromatic ring is 1. The number of fused-ring (bicyclic) bond motifs is 1. The number of piperazine rings is 1. The molecule has 3 aromatic heterocycles. The number of rotatable bonds is 3. The lowest BCUT2D eigenvalue weighted by atomic mass is 10.2. The predicted molar refractivity (Wildman–Crippen MR) is 97.6 cm³/mol. The summed E-state index contributed by atoms with van der Waals surface area (Å²) in [6.07, 6.45) is 5.33. The minimum Gasteiger partial charge on any atom is -0.375 e. The zero-order valence-electron chi connectivity index (χ0n) is 13.3. The van der Waals surface area contributed by atoms with Gasteiger partial charge in [0, 0.05) is 50.8 Å². The number of aryl methyl sites for hydroxylation is 1. The molecule has 0 amide bonds. The first kappa shape index (κ1) is 16.9. The second-order valence-corrected chi connectivity index (χ2v) is 6.78. The fourth-order valence-corrected chi connectivity index (χ4v) is 3.66. The number of aromatic nitrogens is 5. The molecule has 0 aromatic carbocycles. The number of nitrogens with zero attached hydrogens (tertiary/aromatic N) is 7. The molecule has 0 aliphatic carbocycles. The summed E-state index contributed by atoms with van der Waals surface area (Å²) in [4.78, 5) is 18.8. The highest BCUT2D eigenvalue weighted by Gasteiger charge is 2.21. The van der Waals surface area contributed by atoms with E-state index in [1.807, 2.05) is 19.4 Å². The maximum absolute atomic E-state index is 5.70. The van der Waals surface area contributed by atoms with Crippen LogP contribution in [0.4, 0.5) is 10.9 Å². The summed E-state index contributed by atoms with van der Waals surface area (Å²) in [6, 6.07) is 0. The van der Waals surface area contributed by atoms with Gasteiger partial charge in [-0.25, -0.2) is 15.0 Å². The number of halogens is 1. The van der Waals surface area contributed by atoms with E-state index in [9.17, 15) is 0 Å². The van der Waals surface area contributed by atoms with Crippen LogP contribution < -0.4 is 10.6 Å². The first-order valence-electron chi connectivity index (χ1n) is 7.51. The van der Waals surface area contributed by atoms with Crippen molar-refractivity contribution < 1.29 is 0 Å². The van der Waals surface area contributed by atoms with Gasteiger partial charge in [-0.2, -0.15) is 5.10 Å². The molecule has 0 saturated carbocycles. The lowest BCUT2D eigenvalue weighted by molar-refractivity contribution is 0.251. The van der Waals surface area contributed by atoms with Gasteiger partial charge < -0.3 is 10.6 Å². The van der Waals surface area contributed by atoms with Crippen LogP contribution in [0.1, 0.15) is 4.88 Å². The van der Waals surface area contributed by atoms with Crippen LogP contribution >= 0.6 is 23.7 Å². The van der Waals surface area contributed by atoms with Gasteiger partial charge >= 0.3 is 0 Å². The van der Waals surface area contributed by atoms with E-state index in [1.54, 1.807) is 22.3 Å². The van der Waals surface area contributed by atoms with Crippen LogP contribution in [-0.4, -0.2) is 55.8 Å². The Morgan fingerprint density at radius 2 is 1.92 bits per heavy atom. The number of nitrogens with two attached hydrogens (primary N) is 1. The van der Waals surface area contributed by atoms with Gasteiger partial charge in [-0.1, -0.05) is 0 Å². The molecule has 4 heterocycles. The van der Waals surface area contributed by atoms with E-state index in [0.717, 1.165) is 49.6 Å². The Labute approximate surface area is 149 Å². The molecule has 10 heteroatoms. The van der Waals surface area contributed by atoms with Gasteiger partial charge in [0.1, 0.15) is 12.1 Å². The third-order valence-corrected chi connectivity index (χ3v) is 4.94. The fourth-order valence-electron chi connectivity index (χ4n) is 2.94. The Bertz CT molecular complexity index is 823. The van der Waals surface area contributed by atoms with Crippen LogP contribution in [-0.2, 0) is 13.6 Å². The van der Waals surface area contributed by atoms with Crippen LogP contribution in [0.2, 0.25) is 0 Å². The van der Waals surface area contributed by atoms with Gasteiger partial charge in [0.2, 0.25) is 0 Å². The lowest BCUT2D eigenvalue weighted by Gasteiger charge is -2.35. The second kappa shape index (κ2) is 6.88. The van der Waals surface area contributed by atoms with Crippen LogP contribution in [0, 0.1) is 0 Å². The van der Waals surface area contributed by atoms with Crippen LogP contribution in [0.3, 0.4) is 0 Å². The molecule has 1 aliphatic rings. The molecule has 0 atom stereocenters. The lowest BCUT2D eigenvalue weighted by Crippen LogP contribution is -2.46. The molecule has 0 bridgehead atoms. The van der Waals surface area contributed by atoms with Crippen molar-refractivity contribution in [2.45, 2.75) is 6.54 Å². The third kappa shape index (κ3) is 3.14. The first-order valence-corrected chi connectivity index (χ1v) is 8.32. The van der Waals surface area contributed by atoms with Crippen molar-refractivity contribution >= 4 is 45.7 Å². The summed E-state index contributed by atoms with van der Waals surface area (Å²) in [6.45, 7) is 4.77. The topological polar surface area (TPSA) is 89.0 Å². The van der Waals surface area contributed by atoms with Gasteiger partial charge in [-0.15, -0.1) is 23.7 Å². The highest BCUT2D eigenvalue weighted by Crippen LogP contribution is 2.24. The molecule has 0 radical (unpaired) electrons. The average molecular weight is 367 g/mol. The smallest absolute Gasteiger partial charge is 0.180 e. The van der Waals surface area contributed by atoms with Crippen molar-refractivity contribution in [1.29, 1.82) is 0 Å². The van der Waals surface area contributed by atoms with Crippen molar-refractivity contribution in [1.82, 2.24) is 29.6 Å². The van der Waals surface area contributed by atoms with Crippen LogP contribution in [0.5, 0.6) is 0 Å². The summed E-state index contributed by atoms with van der Waals surface area (Å²) in [5.41, 5.74) is 6.57. The van der Waals surface area contributed by atoms with E-state index in [1.165, 1.54) is 4.88 Å². The first-order chi connectivity index (χ1) is 11.2. The molecule has 3 aromatic rings. The Balaban J connectivity index is 0.00000169. The minimum atomic E-state index is 0. The molecular formula is C14H19ClN8S. The van der Waals surface area contributed by atoms with E-state index in [2.05, 4.69) is 29.9 Å². The quantitative estimate of drug-likeness (QED) is 0.743. The van der Waals surface area contributed by atoms with Crippen LogP contribution in [0.25, 0.3) is 11.0 Å². The Kier molecular flexibility index (Phi) is 4.83. The van der Waals surface area contributed by atoms with E-state index >= 15 is 0 Å². The summed E-state index contributed by atoms with van der Waals surface area (Å²) in [5.74, 6) is 0.977. The standard InChI is InChI=1S/C14H18N8S.ClH/c1-20-12-11(7-19-20)13(18-9-17-12)22-4-2-21(3-5-22)8-10-6-16-14(15)23-10;/h6-7,9H,2-5,8H2,1H3,(H2,15,16);1H. The molecule has 128 valence electrons. The Morgan fingerprint density at radius 3 is 2.62 bits per heavy atom. The zero-order chi connectivity index (χ0) is 15.8. The summed E-state index contributed by atoms with van der Waals surface area (Å²) in [7, 11) is 1.90. The zero-order valence-corrected chi connectivity index (χ0v) is 14.9. The summed E-state index contributed by atoms with van der Waals surface area (Å²) >= 11 is 1.56. The third-order valence-electron chi connectivity index (χ3n) is 4.13. The van der Waals surface area contributed by atoms with E-state index in [-0.39, 0.29) is 12.4 Å². The van der Waals surface area contributed by atoms with E-state index in [0.29, 0.717) is 5.13 Å². The normalized spacial score (nSPS) is 15.6. The van der Waals surface area contributed by atoms with Crippen LogP contribution in [0.15, 0.2) is 18.7 Å². The summed E-state index contributed by atoms with van der Waals surface area (Å²) in [5, 5.41) is 5.93. The fraction of sp³-hybridized carbons (Fsp3) is 0.429. The number of anilines is 2. The average Bonchev–Trinajstić information content (AvgIpc) is 3.14. The number of hydrogen-bond acceptors (Lipinski definition) is 8. The molecule has 1 fully saturated rings. The maximum Gasteiger partial charge on any atom is 0.180 e. The van der Waals surface area contributed by atoms with E-state index in [4.69, 9.17) is 5.73 Å². The second-order valence-electron chi connectivity index (χ2n) is 5.63. The molecule has 8 nitrogen and oxygen atoms in total. The molecule has 24 heavy (non-hydrogen) atoms. The Morgan fingerprint density at radius 1 is 1.12 bits per heavy atom. The molecule has 1 aliphatic heterocycles. The van der Waals surface area contributed by atoms with E-state index < -0.39 is 0 Å². The molecule has 2 N–H and O–H groups in total. The molecular weight excluding hydrogens is 348 g/mol. The monoisotopic (exact) mass is 366 g/mol. The van der Waals surface area contributed by atoms with Gasteiger partial charge in [0.15, 0.2) is 10.8 Å². The van der Waals surface area contributed by atoms with Crippen molar-refractivity contribution in [2.75, 3.05) is 36.8 Å². The Hall–Kier alpha value is -1.97. The van der Waals surface area contributed by atoms with Gasteiger partial charge in [0.25, 0.3) is 0 Å². The van der Waals surface area contributed by atoms with Gasteiger partial charge in [0.05, 0.1) is 11.6 Å². The molecule has 0 unspecified atom stereocenters. The van der Waals surface area contributed by atoms with Crippen molar-refractivity contribution in [3.63, 3.8) is 0 Å². The largest absolute Gasteiger partial charge is 0.375 e. The van der Waals surface area contributed by atoms with Crippen molar-refractivity contribution in [2.24, 2.45) is 7.05 Å². The number of thiazole rings is 1. The molecule has 1 saturated heterocycles. The molecule has 4 rings (SSSR count). The summed E-state index contributed by atoms with van der Waals surface area (Å²) < 4.78 is 1.78. The SMILES string of the molecule is Cl.Cn1ncc2c(N3CCN(Cc4cnc(N)s4)CC3)ncnc21. The van der Waals surface area contributed by atoms with Gasteiger partial charge in [-0.05, 0) is 0 Å². The minimum absolute atomic E-state index is 0. The van der Waals surface area contributed by atoms with Gasteiger partial charge in [-0.3, -0.25) is 9.58 Å². The highest BCUT2D eigenvalue weighted by molar-refractivity contribution is 7.15. The molecule has 0 spiro atoms. The predicted octanol–water partition coefficient (Wildman–Crippen LogP) is 1.15. The maximum atomic E-state index is 5.70.